The van der Waals surface area contributed by atoms with Gasteiger partial charge in [-0.15, -0.1) is 0 Å². The van der Waals surface area contributed by atoms with E-state index in [0.29, 0.717) is 11.3 Å². The highest BCUT2D eigenvalue weighted by Crippen LogP contribution is 2.36. The van der Waals surface area contributed by atoms with Crippen LogP contribution in [-0.4, -0.2) is 30.5 Å². The van der Waals surface area contributed by atoms with Crippen molar-refractivity contribution in [2.75, 3.05) is 5.32 Å². The molecule has 0 aliphatic rings. The fraction of sp³-hybridized carbons (Fsp3) is 0.105. The normalized spacial score (nSPS) is 11.6. The fourth-order valence-electron chi connectivity index (χ4n) is 2.75. The molecule has 4 aromatic rings. The third-order valence-electron chi connectivity index (χ3n) is 4.13. The van der Waals surface area contributed by atoms with Crippen molar-refractivity contribution in [3.8, 4) is 11.3 Å². The van der Waals surface area contributed by atoms with Gasteiger partial charge in [0.1, 0.15) is 5.69 Å². The minimum atomic E-state index is -4.52. The Morgan fingerprint density at radius 2 is 1.79 bits per heavy atom. The monoisotopic (exact) mass is 398 g/mol. The second-order valence-electron chi connectivity index (χ2n) is 6.17. The Morgan fingerprint density at radius 1 is 1.00 bits per heavy atom. The second kappa shape index (κ2) is 6.97. The molecule has 146 valence electrons. The van der Waals surface area contributed by atoms with E-state index in [2.05, 4.69) is 25.4 Å². The Kier molecular flexibility index (Phi) is 4.45. The van der Waals surface area contributed by atoms with Crippen molar-refractivity contribution in [1.82, 2.24) is 24.6 Å². The lowest BCUT2D eigenvalue weighted by Crippen LogP contribution is -2.16. The van der Waals surface area contributed by atoms with Crippen LogP contribution in [0.2, 0.25) is 0 Å². The quantitative estimate of drug-likeness (QED) is 0.568. The lowest BCUT2D eigenvalue weighted by molar-refractivity contribution is -0.137. The summed E-state index contributed by atoms with van der Waals surface area (Å²) in [6.07, 6.45) is -0.384. The number of amides is 1. The summed E-state index contributed by atoms with van der Waals surface area (Å²) >= 11 is 0. The Bertz CT molecular complexity index is 1200. The molecule has 3 aromatic heterocycles. The van der Waals surface area contributed by atoms with Gasteiger partial charge in [-0.25, -0.2) is 9.97 Å². The number of alkyl halides is 3. The predicted molar refractivity (Wildman–Crippen MR) is 98.1 cm³/mol. The number of rotatable bonds is 3. The Balaban J connectivity index is 1.73. The standard InChI is InChI=1S/C19H13F3N6O/c1-11-8-24-15(9-23-11)18(29)26-17-10-25-16-7-6-14(27-28(16)17)12-4-2-3-5-13(12)19(20,21)22/h2-10H,1H3,(H,26,29). The van der Waals surface area contributed by atoms with Crippen LogP contribution in [0.5, 0.6) is 0 Å². The molecule has 1 amide bonds. The average molecular weight is 398 g/mol. The fourth-order valence-corrected chi connectivity index (χ4v) is 2.75. The SMILES string of the molecule is Cc1cnc(C(=O)Nc2cnc3ccc(-c4ccccc4C(F)(F)F)nn23)cn1. The number of benzene rings is 1. The van der Waals surface area contributed by atoms with Gasteiger partial charge in [0.15, 0.2) is 11.5 Å². The highest BCUT2D eigenvalue weighted by atomic mass is 19.4. The minimum absolute atomic E-state index is 0.0720. The smallest absolute Gasteiger partial charge is 0.304 e. The number of aryl methyl sites for hydroxylation is 1. The zero-order valence-electron chi connectivity index (χ0n) is 15.0. The number of nitrogens with one attached hydrogen (secondary N) is 1. The number of anilines is 1. The molecule has 0 aliphatic heterocycles. The van der Waals surface area contributed by atoms with Gasteiger partial charge in [-0.1, -0.05) is 18.2 Å². The van der Waals surface area contributed by atoms with Crippen molar-refractivity contribution in [3.05, 3.63) is 71.9 Å². The van der Waals surface area contributed by atoms with Crippen LogP contribution < -0.4 is 5.32 Å². The van der Waals surface area contributed by atoms with E-state index in [1.807, 2.05) is 0 Å². The second-order valence-corrected chi connectivity index (χ2v) is 6.17. The lowest BCUT2D eigenvalue weighted by Gasteiger charge is -2.12. The Hall–Kier alpha value is -3.82. The third-order valence-corrected chi connectivity index (χ3v) is 4.13. The molecular weight excluding hydrogens is 385 g/mol. The van der Waals surface area contributed by atoms with Crippen LogP contribution in [-0.2, 0) is 6.18 Å². The molecule has 29 heavy (non-hydrogen) atoms. The van der Waals surface area contributed by atoms with E-state index in [1.54, 1.807) is 6.92 Å². The van der Waals surface area contributed by atoms with Gasteiger partial charge in [-0.3, -0.25) is 9.78 Å². The van der Waals surface area contributed by atoms with Crippen molar-refractivity contribution >= 4 is 17.4 Å². The zero-order valence-corrected chi connectivity index (χ0v) is 15.0. The first-order chi connectivity index (χ1) is 13.8. The number of carbonyl (C=O) groups is 1. The maximum Gasteiger partial charge on any atom is 0.417 e. The van der Waals surface area contributed by atoms with Crippen LogP contribution in [0.1, 0.15) is 21.7 Å². The van der Waals surface area contributed by atoms with E-state index in [0.717, 1.165) is 6.07 Å². The summed E-state index contributed by atoms with van der Waals surface area (Å²) in [5, 5.41) is 6.84. The summed E-state index contributed by atoms with van der Waals surface area (Å²) in [6.45, 7) is 1.74. The number of imidazole rings is 1. The maximum atomic E-state index is 13.3. The van der Waals surface area contributed by atoms with Crippen molar-refractivity contribution in [2.24, 2.45) is 0 Å². The van der Waals surface area contributed by atoms with E-state index in [9.17, 15) is 18.0 Å². The molecule has 0 spiro atoms. The van der Waals surface area contributed by atoms with E-state index in [1.165, 1.54) is 53.4 Å². The van der Waals surface area contributed by atoms with Crippen LogP contribution in [0.15, 0.2) is 55.0 Å². The van der Waals surface area contributed by atoms with Crippen LogP contribution in [0.25, 0.3) is 16.9 Å². The molecule has 0 saturated carbocycles. The van der Waals surface area contributed by atoms with Crippen LogP contribution in [0.3, 0.4) is 0 Å². The largest absolute Gasteiger partial charge is 0.417 e. The lowest BCUT2D eigenvalue weighted by atomic mass is 10.0. The van der Waals surface area contributed by atoms with E-state index in [4.69, 9.17) is 0 Å². The topological polar surface area (TPSA) is 85.1 Å². The molecule has 0 radical (unpaired) electrons. The van der Waals surface area contributed by atoms with E-state index >= 15 is 0 Å². The predicted octanol–water partition coefficient (Wildman–Crippen LogP) is 3.77. The highest BCUT2D eigenvalue weighted by Gasteiger charge is 2.33. The van der Waals surface area contributed by atoms with Crippen molar-refractivity contribution in [3.63, 3.8) is 0 Å². The van der Waals surface area contributed by atoms with Gasteiger partial charge in [-0.05, 0) is 25.1 Å². The highest BCUT2D eigenvalue weighted by molar-refractivity contribution is 6.02. The molecular formula is C19H13F3N6O. The summed E-state index contributed by atoms with van der Waals surface area (Å²) in [7, 11) is 0. The maximum absolute atomic E-state index is 13.3. The number of hydrogen-bond acceptors (Lipinski definition) is 5. The van der Waals surface area contributed by atoms with Gasteiger partial charge in [0.2, 0.25) is 0 Å². The van der Waals surface area contributed by atoms with Crippen LogP contribution in [0.4, 0.5) is 19.0 Å². The molecule has 1 N–H and O–H groups in total. The van der Waals surface area contributed by atoms with Crippen LogP contribution in [0, 0.1) is 6.92 Å². The first-order valence-electron chi connectivity index (χ1n) is 8.44. The molecule has 4 rings (SSSR count). The zero-order chi connectivity index (χ0) is 20.6. The molecule has 0 aliphatic carbocycles. The molecule has 0 fully saturated rings. The number of halogens is 3. The molecule has 0 atom stereocenters. The molecule has 0 unspecified atom stereocenters. The van der Waals surface area contributed by atoms with Gasteiger partial charge < -0.3 is 5.32 Å². The molecule has 1 aromatic carbocycles. The molecule has 0 saturated heterocycles. The van der Waals surface area contributed by atoms with Gasteiger partial charge in [-0.2, -0.15) is 22.8 Å². The van der Waals surface area contributed by atoms with Gasteiger partial charge in [0.25, 0.3) is 5.91 Å². The first kappa shape index (κ1) is 18.5. The first-order valence-corrected chi connectivity index (χ1v) is 8.44. The summed E-state index contributed by atoms with van der Waals surface area (Å²) in [5.41, 5.74) is 0.331. The Morgan fingerprint density at radius 3 is 2.52 bits per heavy atom. The van der Waals surface area contributed by atoms with Crippen molar-refractivity contribution in [2.45, 2.75) is 13.1 Å². The summed E-state index contributed by atoms with van der Waals surface area (Å²) in [5.74, 6) is -0.346. The molecule has 3 heterocycles. The third kappa shape index (κ3) is 3.64. The number of carbonyl (C=O) groups excluding carboxylic acids is 1. The number of aromatic nitrogens is 5. The Labute approximate surface area is 162 Å². The van der Waals surface area contributed by atoms with E-state index < -0.39 is 17.6 Å². The van der Waals surface area contributed by atoms with Crippen molar-refractivity contribution in [1.29, 1.82) is 0 Å². The number of nitrogens with zero attached hydrogens (tertiary/aromatic N) is 5. The molecule has 0 bridgehead atoms. The summed E-state index contributed by atoms with van der Waals surface area (Å²) < 4.78 is 41.3. The molecule has 7 nitrogen and oxygen atoms in total. The number of hydrogen-bond donors (Lipinski definition) is 1. The van der Waals surface area contributed by atoms with Crippen molar-refractivity contribution < 1.29 is 18.0 Å². The average Bonchev–Trinajstić information content (AvgIpc) is 3.10. The molecule has 10 heteroatoms. The van der Waals surface area contributed by atoms with Crippen LogP contribution >= 0.6 is 0 Å². The van der Waals surface area contributed by atoms with Gasteiger partial charge >= 0.3 is 6.18 Å². The van der Waals surface area contributed by atoms with Gasteiger partial charge in [0, 0.05) is 11.8 Å². The number of fused-ring (bicyclic) bond motifs is 1. The van der Waals surface area contributed by atoms with E-state index in [-0.39, 0.29) is 22.8 Å². The summed E-state index contributed by atoms with van der Waals surface area (Å²) in [6, 6.07) is 8.13. The summed E-state index contributed by atoms with van der Waals surface area (Å²) in [4.78, 5) is 24.5. The minimum Gasteiger partial charge on any atom is -0.304 e. The van der Waals surface area contributed by atoms with Gasteiger partial charge in [0.05, 0.1) is 29.3 Å².